The summed E-state index contributed by atoms with van der Waals surface area (Å²) in [5.41, 5.74) is 9.52. The molecule has 0 bridgehead atoms. The molecule has 0 radical (unpaired) electrons. The number of allylic oxidation sites excluding steroid dienone is 1. The molecule has 0 saturated heterocycles. The summed E-state index contributed by atoms with van der Waals surface area (Å²) in [5, 5.41) is 0. The minimum absolute atomic E-state index is 0.219. The molecule has 4 aromatic rings. The lowest BCUT2D eigenvalue weighted by Gasteiger charge is -2.25. The van der Waals surface area contributed by atoms with E-state index in [1.165, 1.54) is 39.0 Å². The zero-order valence-electron chi connectivity index (χ0n) is 15.8. The van der Waals surface area contributed by atoms with E-state index in [-0.39, 0.29) is 5.92 Å². The summed E-state index contributed by atoms with van der Waals surface area (Å²) in [7, 11) is 0. The number of rotatable bonds is 3. The van der Waals surface area contributed by atoms with Gasteiger partial charge in [-0.1, -0.05) is 115 Å². The van der Waals surface area contributed by atoms with Crippen molar-refractivity contribution in [1.82, 2.24) is 0 Å². The first-order valence-corrected chi connectivity index (χ1v) is 9.88. The van der Waals surface area contributed by atoms with Crippen LogP contribution in [-0.2, 0) is 6.42 Å². The Hall–Kier alpha value is -3.38. The van der Waals surface area contributed by atoms with Gasteiger partial charge in [0.1, 0.15) is 0 Å². The van der Waals surface area contributed by atoms with Gasteiger partial charge in [0, 0.05) is 5.92 Å². The monoisotopic (exact) mass is 358 g/mol. The summed E-state index contributed by atoms with van der Waals surface area (Å²) in [6, 6.07) is 39.3. The van der Waals surface area contributed by atoms with Crippen LogP contribution in [0.5, 0.6) is 0 Å². The Morgan fingerprint density at radius 1 is 0.500 bits per heavy atom. The molecule has 0 aromatic heterocycles. The van der Waals surface area contributed by atoms with Crippen molar-refractivity contribution in [2.75, 3.05) is 0 Å². The minimum Gasteiger partial charge on any atom is -0.0641 e. The standard InChI is InChI=1S/C28H22/c1-3-11-21(12-4-1)27(22-13-5-2-6-14-22)20-28-25-17-9-7-15-23(25)19-24-16-8-10-18-26(24)28/h1-18,20,27H,19H2. The summed E-state index contributed by atoms with van der Waals surface area (Å²) in [4.78, 5) is 0. The predicted octanol–water partition coefficient (Wildman–Crippen LogP) is 6.85. The molecule has 0 spiro atoms. The zero-order valence-corrected chi connectivity index (χ0v) is 15.8. The highest BCUT2D eigenvalue weighted by Crippen LogP contribution is 2.39. The summed E-state index contributed by atoms with van der Waals surface area (Å²) in [6.45, 7) is 0. The van der Waals surface area contributed by atoms with Crippen molar-refractivity contribution in [3.05, 3.63) is 149 Å². The average molecular weight is 358 g/mol. The van der Waals surface area contributed by atoms with Gasteiger partial charge in [0.15, 0.2) is 0 Å². The van der Waals surface area contributed by atoms with Crippen LogP contribution in [0.4, 0.5) is 0 Å². The van der Waals surface area contributed by atoms with Crippen LogP contribution in [0.15, 0.2) is 115 Å². The van der Waals surface area contributed by atoms with E-state index >= 15 is 0 Å². The molecule has 0 heteroatoms. The van der Waals surface area contributed by atoms with Gasteiger partial charge in [0.05, 0.1) is 0 Å². The van der Waals surface area contributed by atoms with Crippen LogP contribution in [0, 0.1) is 0 Å². The van der Waals surface area contributed by atoms with E-state index in [2.05, 4.69) is 115 Å². The summed E-state index contributed by atoms with van der Waals surface area (Å²) >= 11 is 0. The molecule has 1 aliphatic carbocycles. The van der Waals surface area contributed by atoms with Gasteiger partial charge in [0.2, 0.25) is 0 Å². The highest BCUT2D eigenvalue weighted by atomic mass is 14.2. The zero-order chi connectivity index (χ0) is 18.8. The van der Waals surface area contributed by atoms with E-state index in [1.54, 1.807) is 0 Å². The van der Waals surface area contributed by atoms with Crippen LogP contribution in [0.3, 0.4) is 0 Å². The Labute approximate surface area is 166 Å². The molecule has 0 amide bonds. The summed E-state index contributed by atoms with van der Waals surface area (Å²) < 4.78 is 0. The van der Waals surface area contributed by atoms with Crippen molar-refractivity contribution < 1.29 is 0 Å². The fourth-order valence-corrected chi connectivity index (χ4v) is 4.28. The number of fused-ring (bicyclic) bond motifs is 2. The maximum atomic E-state index is 2.46. The molecule has 0 fully saturated rings. The van der Waals surface area contributed by atoms with Crippen LogP contribution in [0.2, 0.25) is 0 Å². The quantitative estimate of drug-likeness (QED) is 0.331. The minimum atomic E-state index is 0.219. The topological polar surface area (TPSA) is 0 Å². The van der Waals surface area contributed by atoms with Gasteiger partial charge in [-0.15, -0.1) is 0 Å². The molecule has 4 aromatic carbocycles. The summed E-state index contributed by atoms with van der Waals surface area (Å²) in [6.07, 6.45) is 3.46. The number of hydrogen-bond acceptors (Lipinski definition) is 0. The van der Waals surface area contributed by atoms with Crippen molar-refractivity contribution >= 4 is 5.57 Å². The molecule has 0 atom stereocenters. The van der Waals surface area contributed by atoms with Crippen LogP contribution in [0.25, 0.3) is 5.57 Å². The maximum Gasteiger partial charge on any atom is 0.0278 e. The first kappa shape index (κ1) is 16.8. The van der Waals surface area contributed by atoms with Gasteiger partial charge in [-0.25, -0.2) is 0 Å². The summed E-state index contributed by atoms with van der Waals surface area (Å²) in [5.74, 6) is 0.219. The molecule has 0 unspecified atom stereocenters. The Morgan fingerprint density at radius 2 is 0.929 bits per heavy atom. The lowest BCUT2D eigenvalue weighted by molar-refractivity contribution is 1.02. The van der Waals surface area contributed by atoms with Crippen molar-refractivity contribution in [3.8, 4) is 0 Å². The van der Waals surface area contributed by atoms with E-state index in [0.717, 1.165) is 6.42 Å². The van der Waals surface area contributed by atoms with Crippen LogP contribution >= 0.6 is 0 Å². The van der Waals surface area contributed by atoms with Gasteiger partial charge in [-0.05, 0) is 45.4 Å². The Bertz CT molecular complexity index is 1030. The van der Waals surface area contributed by atoms with Crippen molar-refractivity contribution in [2.45, 2.75) is 12.3 Å². The molecule has 134 valence electrons. The molecule has 0 N–H and O–H groups in total. The van der Waals surface area contributed by atoms with E-state index in [9.17, 15) is 0 Å². The van der Waals surface area contributed by atoms with Gasteiger partial charge < -0.3 is 0 Å². The largest absolute Gasteiger partial charge is 0.0641 e. The predicted molar refractivity (Wildman–Crippen MR) is 117 cm³/mol. The fourth-order valence-electron chi connectivity index (χ4n) is 4.28. The molecule has 0 heterocycles. The molecule has 28 heavy (non-hydrogen) atoms. The van der Waals surface area contributed by atoms with E-state index < -0.39 is 0 Å². The molecule has 0 nitrogen and oxygen atoms in total. The van der Waals surface area contributed by atoms with Crippen molar-refractivity contribution in [1.29, 1.82) is 0 Å². The van der Waals surface area contributed by atoms with E-state index in [4.69, 9.17) is 0 Å². The average Bonchev–Trinajstić information content (AvgIpc) is 2.78. The van der Waals surface area contributed by atoms with Gasteiger partial charge >= 0.3 is 0 Å². The second-order valence-electron chi connectivity index (χ2n) is 7.37. The normalized spacial score (nSPS) is 12.4. The second kappa shape index (κ2) is 7.32. The van der Waals surface area contributed by atoms with Crippen molar-refractivity contribution in [3.63, 3.8) is 0 Å². The third-order valence-electron chi connectivity index (χ3n) is 5.65. The molecular formula is C28H22. The Kier molecular flexibility index (Phi) is 4.39. The number of hydrogen-bond donors (Lipinski definition) is 0. The lowest BCUT2D eigenvalue weighted by Crippen LogP contribution is -2.08. The Morgan fingerprint density at radius 3 is 1.43 bits per heavy atom. The van der Waals surface area contributed by atoms with Crippen molar-refractivity contribution in [2.24, 2.45) is 0 Å². The van der Waals surface area contributed by atoms with E-state index in [0.29, 0.717) is 0 Å². The highest BCUT2D eigenvalue weighted by Gasteiger charge is 2.21. The third-order valence-corrected chi connectivity index (χ3v) is 5.65. The first-order valence-electron chi connectivity index (χ1n) is 9.88. The molecule has 0 saturated carbocycles. The lowest BCUT2D eigenvalue weighted by atomic mass is 9.79. The molecule has 0 aliphatic heterocycles. The third kappa shape index (κ3) is 3.08. The first-order chi connectivity index (χ1) is 13.9. The van der Waals surface area contributed by atoms with Crippen LogP contribution in [0.1, 0.15) is 39.3 Å². The Balaban J connectivity index is 1.74. The molecule has 1 aliphatic rings. The van der Waals surface area contributed by atoms with Crippen LogP contribution in [-0.4, -0.2) is 0 Å². The molecule has 5 rings (SSSR count). The van der Waals surface area contributed by atoms with Gasteiger partial charge in [-0.2, -0.15) is 0 Å². The molecular weight excluding hydrogens is 336 g/mol. The highest BCUT2D eigenvalue weighted by molar-refractivity contribution is 5.86. The van der Waals surface area contributed by atoms with Crippen LogP contribution < -0.4 is 0 Å². The number of benzene rings is 4. The second-order valence-corrected chi connectivity index (χ2v) is 7.37. The fraction of sp³-hybridized carbons (Fsp3) is 0.0714. The van der Waals surface area contributed by atoms with Gasteiger partial charge in [0.25, 0.3) is 0 Å². The van der Waals surface area contributed by atoms with E-state index in [1.807, 2.05) is 0 Å². The smallest absolute Gasteiger partial charge is 0.0278 e. The SMILES string of the molecule is C(=C1c2ccccc2Cc2ccccc21)C(c1ccccc1)c1ccccc1. The van der Waals surface area contributed by atoms with Gasteiger partial charge in [-0.3, -0.25) is 0 Å². The maximum absolute atomic E-state index is 2.46.